The fourth-order valence-corrected chi connectivity index (χ4v) is 5.45. The van der Waals surface area contributed by atoms with Crippen molar-refractivity contribution in [3.05, 3.63) is 46.8 Å². The number of carbonyl (C=O) groups is 1. The topological polar surface area (TPSA) is 75.5 Å². The van der Waals surface area contributed by atoms with E-state index < -0.39 is 10.0 Å². The molecular formula is C19H26N4O3S. The van der Waals surface area contributed by atoms with Crippen LogP contribution in [0.1, 0.15) is 33.7 Å². The zero-order chi connectivity index (χ0) is 19.8. The van der Waals surface area contributed by atoms with Gasteiger partial charge in [-0.25, -0.2) is 8.42 Å². The fourth-order valence-electron chi connectivity index (χ4n) is 3.58. The SMILES string of the molecule is Cc1ccccc1C(=O)N1CCCN(S(=O)(=O)c2c(C)nn(C)c2C)CC1. The third-order valence-electron chi connectivity index (χ3n) is 5.16. The van der Waals surface area contributed by atoms with Gasteiger partial charge in [0, 0.05) is 38.8 Å². The predicted molar refractivity (Wildman–Crippen MR) is 103 cm³/mol. The third-order valence-corrected chi connectivity index (χ3v) is 7.31. The van der Waals surface area contributed by atoms with Gasteiger partial charge in [-0.15, -0.1) is 0 Å². The summed E-state index contributed by atoms with van der Waals surface area (Å²) >= 11 is 0. The van der Waals surface area contributed by atoms with Crippen LogP contribution in [0, 0.1) is 20.8 Å². The van der Waals surface area contributed by atoms with E-state index in [9.17, 15) is 13.2 Å². The average Bonchev–Trinajstić information content (AvgIpc) is 2.81. The molecule has 0 spiro atoms. The van der Waals surface area contributed by atoms with E-state index in [-0.39, 0.29) is 17.3 Å². The van der Waals surface area contributed by atoms with E-state index in [0.29, 0.717) is 43.0 Å². The fraction of sp³-hybridized carbons (Fsp3) is 0.474. The van der Waals surface area contributed by atoms with Crippen LogP contribution in [0.2, 0.25) is 0 Å². The molecule has 1 amide bonds. The van der Waals surface area contributed by atoms with Crippen LogP contribution in [-0.2, 0) is 17.1 Å². The van der Waals surface area contributed by atoms with Crippen molar-refractivity contribution in [2.45, 2.75) is 32.1 Å². The van der Waals surface area contributed by atoms with Crippen molar-refractivity contribution in [1.29, 1.82) is 0 Å². The second-order valence-corrected chi connectivity index (χ2v) is 8.86. The van der Waals surface area contributed by atoms with Crippen LogP contribution in [0.5, 0.6) is 0 Å². The zero-order valence-corrected chi connectivity index (χ0v) is 17.1. The Hall–Kier alpha value is -2.19. The average molecular weight is 391 g/mol. The van der Waals surface area contributed by atoms with Gasteiger partial charge in [0.15, 0.2) is 0 Å². The number of rotatable bonds is 3. The molecule has 1 aromatic carbocycles. The summed E-state index contributed by atoms with van der Waals surface area (Å²) in [6.07, 6.45) is 0.606. The van der Waals surface area contributed by atoms with Gasteiger partial charge >= 0.3 is 0 Å². The lowest BCUT2D eigenvalue weighted by Crippen LogP contribution is -2.37. The summed E-state index contributed by atoms with van der Waals surface area (Å²) in [6.45, 7) is 7.00. The second kappa shape index (κ2) is 7.44. The van der Waals surface area contributed by atoms with Crippen LogP contribution >= 0.6 is 0 Å². The molecule has 0 unspecified atom stereocenters. The molecule has 1 aliphatic heterocycles. The lowest BCUT2D eigenvalue weighted by molar-refractivity contribution is 0.0763. The van der Waals surface area contributed by atoms with Crippen LogP contribution < -0.4 is 0 Å². The summed E-state index contributed by atoms with van der Waals surface area (Å²) < 4.78 is 29.4. The first-order chi connectivity index (χ1) is 12.7. The van der Waals surface area contributed by atoms with Gasteiger partial charge in [0.25, 0.3) is 5.91 Å². The summed E-state index contributed by atoms with van der Waals surface area (Å²) in [4.78, 5) is 14.9. The highest BCUT2D eigenvalue weighted by atomic mass is 32.2. The lowest BCUT2D eigenvalue weighted by atomic mass is 10.1. The minimum Gasteiger partial charge on any atom is -0.337 e. The first-order valence-corrected chi connectivity index (χ1v) is 10.5. The van der Waals surface area contributed by atoms with Gasteiger partial charge in [-0.1, -0.05) is 18.2 Å². The Morgan fingerprint density at radius 1 is 1.04 bits per heavy atom. The highest BCUT2D eigenvalue weighted by Gasteiger charge is 2.32. The van der Waals surface area contributed by atoms with E-state index >= 15 is 0 Å². The van der Waals surface area contributed by atoms with Gasteiger partial charge in [-0.2, -0.15) is 9.40 Å². The number of hydrogen-bond acceptors (Lipinski definition) is 4. The normalized spacial score (nSPS) is 16.4. The van der Waals surface area contributed by atoms with E-state index in [4.69, 9.17) is 0 Å². The first-order valence-electron chi connectivity index (χ1n) is 9.08. The first kappa shape index (κ1) is 19.6. The second-order valence-electron chi connectivity index (χ2n) is 6.99. The Morgan fingerprint density at radius 3 is 2.37 bits per heavy atom. The van der Waals surface area contributed by atoms with Crippen LogP contribution in [0.25, 0.3) is 0 Å². The minimum atomic E-state index is -3.64. The molecule has 1 fully saturated rings. The van der Waals surface area contributed by atoms with Crippen molar-refractivity contribution >= 4 is 15.9 Å². The quantitative estimate of drug-likeness (QED) is 0.802. The molecule has 0 atom stereocenters. The van der Waals surface area contributed by atoms with Crippen LogP contribution in [0.15, 0.2) is 29.2 Å². The maximum Gasteiger partial charge on any atom is 0.254 e. The summed E-state index contributed by atoms with van der Waals surface area (Å²) in [5.41, 5.74) is 2.74. The molecule has 1 saturated heterocycles. The standard InChI is InChI=1S/C19H26N4O3S/c1-14-8-5-6-9-17(14)19(24)22-10-7-11-23(13-12-22)27(25,26)18-15(2)20-21(4)16(18)3/h5-6,8-9H,7,10-13H2,1-4H3. The number of amides is 1. The number of aromatic nitrogens is 2. The van der Waals surface area contributed by atoms with E-state index in [2.05, 4.69) is 5.10 Å². The molecule has 0 radical (unpaired) electrons. The minimum absolute atomic E-state index is 0.0407. The predicted octanol–water partition coefficient (Wildman–Crippen LogP) is 1.88. The maximum atomic E-state index is 13.2. The molecule has 1 aromatic heterocycles. The van der Waals surface area contributed by atoms with Crippen molar-refractivity contribution in [2.75, 3.05) is 26.2 Å². The van der Waals surface area contributed by atoms with Crippen LogP contribution in [-0.4, -0.2) is 59.5 Å². The van der Waals surface area contributed by atoms with E-state index in [0.717, 1.165) is 5.56 Å². The van der Waals surface area contributed by atoms with Crippen LogP contribution in [0.4, 0.5) is 0 Å². The number of aryl methyl sites for hydroxylation is 3. The van der Waals surface area contributed by atoms with Crippen molar-refractivity contribution in [3.63, 3.8) is 0 Å². The number of carbonyl (C=O) groups excluding carboxylic acids is 1. The van der Waals surface area contributed by atoms with Gasteiger partial charge in [-0.3, -0.25) is 9.48 Å². The van der Waals surface area contributed by atoms with Gasteiger partial charge in [0.1, 0.15) is 4.90 Å². The molecule has 0 saturated carbocycles. The van der Waals surface area contributed by atoms with Crippen molar-refractivity contribution < 1.29 is 13.2 Å². The molecule has 0 aliphatic carbocycles. The molecule has 1 aliphatic rings. The monoisotopic (exact) mass is 390 g/mol. The molecule has 2 aromatic rings. The van der Waals surface area contributed by atoms with Gasteiger partial charge < -0.3 is 4.90 Å². The lowest BCUT2D eigenvalue weighted by Gasteiger charge is -2.22. The summed E-state index contributed by atoms with van der Waals surface area (Å²) in [5, 5.41) is 4.23. The molecule has 8 heteroatoms. The molecule has 0 N–H and O–H groups in total. The number of sulfonamides is 1. The van der Waals surface area contributed by atoms with Gasteiger partial charge in [-0.05, 0) is 38.8 Å². The zero-order valence-electron chi connectivity index (χ0n) is 16.3. The molecule has 0 bridgehead atoms. The highest BCUT2D eigenvalue weighted by molar-refractivity contribution is 7.89. The Labute approximate surface area is 160 Å². The van der Waals surface area contributed by atoms with Crippen molar-refractivity contribution in [2.24, 2.45) is 7.05 Å². The Bertz CT molecular complexity index is 965. The van der Waals surface area contributed by atoms with Crippen molar-refractivity contribution in [1.82, 2.24) is 19.0 Å². The number of nitrogens with zero attached hydrogens (tertiary/aromatic N) is 4. The van der Waals surface area contributed by atoms with E-state index in [1.54, 1.807) is 30.5 Å². The smallest absolute Gasteiger partial charge is 0.254 e. The van der Waals surface area contributed by atoms with Crippen LogP contribution in [0.3, 0.4) is 0 Å². The number of hydrogen-bond donors (Lipinski definition) is 0. The largest absolute Gasteiger partial charge is 0.337 e. The Balaban J connectivity index is 1.80. The summed E-state index contributed by atoms with van der Waals surface area (Å²) in [6, 6.07) is 7.49. The van der Waals surface area contributed by atoms with Crippen molar-refractivity contribution in [3.8, 4) is 0 Å². The molecule has 3 rings (SSSR count). The molecule has 27 heavy (non-hydrogen) atoms. The number of benzene rings is 1. The maximum absolute atomic E-state index is 13.2. The Morgan fingerprint density at radius 2 is 1.74 bits per heavy atom. The Kier molecular flexibility index (Phi) is 5.39. The molecule has 7 nitrogen and oxygen atoms in total. The summed E-state index contributed by atoms with van der Waals surface area (Å²) in [5.74, 6) is -0.0407. The van der Waals surface area contributed by atoms with E-state index in [1.807, 2.05) is 31.2 Å². The molecular weight excluding hydrogens is 364 g/mol. The molecule has 146 valence electrons. The van der Waals surface area contributed by atoms with E-state index in [1.165, 1.54) is 4.31 Å². The molecule has 2 heterocycles. The highest BCUT2D eigenvalue weighted by Crippen LogP contribution is 2.24. The van der Waals surface area contributed by atoms with Gasteiger partial charge in [0.2, 0.25) is 10.0 Å². The third kappa shape index (κ3) is 3.64. The summed E-state index contributed by atoms with van der Waals surface area (Å²) in [7, 11) is -1.89. The van der Waals surface area contributed by atoms with Gasteiger partial charge in [0.05, 0.1) is 11.4 Å².